The predicted octanol–water partition coefficient (Wildman–Crippen LogP) is 8.59. The molecule has 1 heterocycles. The van der Waals surface area contributed by atoms with Crippen LogP contribution in [-0.2, 0) is 0 Å². The lowest BCUT2D eigenvalue weighted by Gasteiger charge is -2.58. The molecule has 4 heteroatoms. The molecule has 1 aliphatic heterocycles. The molecular formula is C34H41ClN2O. The van der Waals surface area contributed by atoms with Crippen molar-refractivity contribution in [3.05, 3.63) is 76.8 Å². The Kier molecular flexibility index (Phi) is 6.05. The molecule has 4 aliphatic carbocycles. The maximum absolute atomic E-state index is 10.4. The van der Waals surface area contributed by atoms with E-state index in [0.717, 1.165) is 54.1 Å². The highest BCUT2D eigenvalue weighted by Gasteiger charge is 2.59. The summed E-state index contributed by atoms with van der Waals surface area (Å²) < 4.78 is 0. The number of fused-ring (bicyclic) bond motifs is 5. The van der Waals surface area contributed by atoms with Gasteiger partial charge in [0.25, 0.3) is 0 Å². The van der Waals surface area contributed by atoms with Gasteiger partial charge in [0, 0.05) is 23.1 Å². The van der Waals surface area contributed by atoms with Crippen LogP contribution in [0.1, 0.15) is 83.2 Å². The summed E-state index contributed by atoms with van der Waals surface area (Å²) >= 11 is 6.24. The van der Waals surface area contributed by atoms with Gasteiger partial charge >= 0.3 is 0 Å². The summed E-state index contributed by atoms with van der Waals surface area (Å²) in [6.07, 6.45) is 12.9. The first-order chi connectivity index (χ1) is 18.4. The van der Waals surface area contributed by atoms with Gasteiger partial charge in [0.05, 0.1) is 17.8 Å². The molecule has 0 aromatic heterocycles. The molecule has 200 valence electrons. The lowest BCUT2D eigenvalue weighted by atomic mass is 9.47. The van der Waals surface area contributed by atoms with E-state index < -0.39 is 0 Å². The monoisotopic (exact) mass is 528 g/mol. The fourth-order valence-electron chi connectivity index (χ4n) is 9.70. The number of aliphatic hydroxyl groups excluding tert-OH is 1. The summed E-state index contributed by atoms with van der Waals surface area (Å²) in [6.45, 7) is 5.15. The second-order valence-corrected chi connectivity index (χ2v) is 13.8. The molecule has 38 heavy (non-hydrogen) atoms. The molecule has 2 aromatic carbocycles. The van der Waals surface area contributed by atoms with Crippen LogP contribution in [-0.4, -0.2) is 16.9 Å². The Morgan fingerprint density at radius 2 is 1.68 bits per heavy atom. The first-order valence-electron chi connectivity index (χ1n) is 14.9. The van der Waals surface area contributed by atoms with Crippen LogP contribution in [0.2, 0.25) is 5.02 Å². The molecule has 0 saturated heterocycles. The van der Waals surface area contributed by atoms with E-state index >= 15 is 0 Å². The highest BCUT2D eigenvalue weighted by molar-refractivity contribution is 6.30. The van der Waals surface area contributed by atoms with Crippen LogP contribution in [0.15, 0.2) is 71.3 Å². The van der Waals surface area contributed by atoms with Gasteiger partial charge in [0.15, 0.2) is 0 Å². The smallest absolute Gasteiger partial charge is 0.0828 e. The minimum Gasteiger partial charge on any atom is -0.393 e. The fraction of sp³-hybridized carbons (Fsp3) is 0.559. The average molecular weight is 529 g/mol. The molecule has 3 fully saturated rings. The van der Waals surface area contributed by atoms with Gasteiger partial charge in [-0.15, -0.1) is 0 Å². The molecule has 0 spiro atoms. The normalized spacial score (nSPS) is 40.2. The van der Waals surface area contributed by atoms with Crippen molar-refractivity contribution in [3.8, 4) is 0 Å². The van der Waals surface area contributed by atoms with Crippen LogP contribution in [0, 0.1) is 34.5 Å². The molecule has 2 aromatic rings. The van der Waals surface area contributed by atoms with Crippen LogP contribution in [0.4, 0.5) is 5.69 Å². The fourth-order valence-corrected chi connectivity index (χ4v) is 9.83. The predicted molar refractivity (Wildman–Crippen MR) is 156 cm³/mol. The van der Waals surface area contributed by atoms with E-state index in [9.17, 15) is 5.11 Å². The van der Waals surface area contributed by atoms with Crippen molar-refractivity contribution in [1.82, 2.24) is 0 Å². The Morgan fingerprint density at radius 1 is 0.895 bits per heavy atom. The molecule has 3 saturated carbocycles. The number of rotatable bonds is 3. The van der Waals surface area contributed by atoms with Gasteiger partial charge in [0.1, 0.15) is 0 Å². The van der Waals surface area contributed by atoms with Gasteiger partial charge in [-0.1, -0.05) is 67.4 Å². The second-order valence-electron chi connectivity index (χ2n) is 13.4. The van der Waals surface area contributed by atoms with Crippen molar-refractivity contribution in [2.45, 2.75) is 83.8 Å². The highest BCUT2D eigenvalue weighted by atomic mass is 35.5. The molecule has 0 bridgehead atoms. The van der Waals surface area contributed by atoms with E-state index in [0.29, 0.717) is 16.7 Å². The molecule has 5 aliphatic rings. The van der Waals surface area contributed by atoms with Crippen LogP contribution in [0.3, 0.4) is 0 Å². The SMILES string of the molecule is C[C@]12CC[C@H]3[C@@H](CC=C4C[C@@H](O)CC[C@@]43C)[C@@H]1CC[C@@H]2C1=NN(c2ccc(Cl)cc2)C(c2ccccc2)C1. The Balaban J connectivity index is 1.19. The number of anilines is 1. The topological polar surface area (TPSA) is 35.8 Å². The van der Waals surface area contributed by atoms with E-state index in [1.807, 2.05) is 12.1 Å². The lowest BCUT2D eigenvalue weighted by Crippen LogP contribution is -2.51. The molecule has 1 unspecified atom stereocenters. The third-order valence-electron chi connectivity index (χ3n) is 11.7. The van der Waals surface area contributed by atoms with Crippen LogP contribution < -0.4 is 5.01 Å². The Morgan fingerprint density at radius 3 is 2.47 bits per heavy atom. The second kappa shape index (κ2) is 9.24. The summed E-state index contributed by atoms with van der Waals surface area (Å²) in [7, 11) is 0. The van der Waals surface area contributed by atoms with Crippen molar-refractivity contribution in [2.75, 3.05) is 5.01 Å². The molecule has 0 amide bonds. The van der Waals surface area contributed by atoms with Crippen LogP contribution >= 0.6 is 11.6 Å². The van der Waals surface area contributed by atoms with E-state index in [-0.39, 0.29) is 12.1 Å². The molecule has 1 N–H and O–H groups in total. The number of benzene rings is 2. The number of allylic oxidation sites excluding steroid dienone is 1. The Labute approximate surface area is 233 Å². The zero-order chi connectivity index (χ0) is 26.1. The first-order valence-corrected chi connectivity index (χ1v) is 15.3. The third kappa shape index (κ3) is 3.83. The summed E-state index contributed by atoms with van der Waals surface area (Å²) in [5.41, 5.74) is 6.07. The molecule has 7 rings (SSSR count). The third-order valence-corrected chi connectivity index (χ3v) is 11.9. The maximum atomic E-state index is 10.4. The summed E-state index contributed by atoms with van der Waals surface area (Å²) in [5, 5.41) is 18.8. The van der Waals surface area contributed by atoms with E-state index in [2.05, 4.69) is 67.4 Å². The number of nitrogens with zero attached hydrogens (tertiary/aromatic N) is 2. The number of halogens is 1. The molecule has 8 atom stereocenters. The van der Waals surface area contributed by atoms with Crippen molar-refractivity contribution < 1.29 is 5.11 Å². The average Bonchev–Trinajstić information content (AvgIpc) is 3.51. The lowest BCUT2D eigenvalue weighted by molar-refractivity contribution is -0.0424. The minimum atomic E-state index is -0.128. The first kappa shape index (κ1) is 24.9. The summed E-state index contributed by atoms with van der Waals surface area (Å²) in [6, 6.07) is 19.3. The van der Waals surface area contributed by atoms with Crippen molar-refractivity contribution in [3.63, 3.8) is 0 Å². The van der Waals surface area contributed by atoms with Crippen LogP contribution in [0.25, 0.3) is 0 Å². The number of aliphatic hydroxyl groups is 1. The van der Waals surface area contributed by atoms with Crippen molar-refractivity contribution >= 4 is 23.0 Å². The van der Waals surface area contributed by atoms with Gasteiger partial charge in [-0.25, -0.2) is 0 Å². The summed E-state index contributed by atoms with van der Waals surface area (Å²) in [4.78, 5) is 0. The van der Waals surface area contributed by atoms with Gasteiger partial charge in [-0.3, -0.25) is 5.01 Å². The largest absolute Gasteiger partial charge is 0.393 e. The number of hydrogen-bond donors (Lipinski definition) is 1. The molecular weight excluding hydrogens is 488 g/mol. The number of hydrazone groups is 1. The van der Waals surface area contributed by atoms with E-state index in [1.165, 1.54) is 43.4 Å². The van der Waals surface area contributed by atoms with Gasteiger partial charge < -0.3 is 5.11 Å². The molecule has 0 radical (unpaired) electrons. The standard InChI is InChI=1S/C34H41ClN2O/c1-33-18-16-26(38)20-23(33)8-13-27-28-14-15-30(34(28,2)19-17-29(27)33)31-21-32(22-6-4-3-5-7-22)37(36-31)25-11-9-24(35)10-12-25/h3-12,26-30,32,38H,13-21H2,1-2H3/t26-,27-,28-,29-,30+,32?,33-,34-/m0/s1. The van der Waals surface area contributed by atoms with Crippen molar-refractivity contribution in [1.29, 1.82) is 0 Å². The van der Waals surface area contributed by atoms with Crippen LogP contribution in [0.5, 0.6) is 0 Å². The zero-order valence-corrected chi connectivity index (χ0v) is 23.6. The minimum absolute atomic E-state index is 0.128. The van der Waals surface area contributed by atoms with Gasteiger partial charge in [-0.05, 0) is 110 Å². The molecule has 3 nitrogen and oxygen atoms in total. The Bertz CT molecular complexity index is 1260. The maximum Gasteiger partial charge on any atom is 0.0828 e. The Hall–Kier alpha value is -2.10. The van der Waals surface area contributed by atoms with E-state index in [1.54, 1.807) is 5.57 Å². The number of hydrogen-bond acceptors (Lipinski definition) is 3. The van der Waals surface area contributed by atoms with Crippen molar-refractivity contribution in [2.24, 2.45) is 39.6 Å². The van der Waals surface area contributed by atoms with E-state index in [4.69, 9.17) is 16.7 Å². The quantitative estimate of drug-likeness (QED) is 0.405. The summed E-state index contributed by atoms with van der Waals surface area (Å²) in [5.74, 6) is 2.89. The van der Waals surface area contributed by atoms with Gasteiger partial charge in [-0.2, -0.15) is 5.10 Å². The van der Waals surface area contributed by atoms with Gasteiger partial charge in [0.2, 0.25) is 0 Å². The zero-order valence-electron chi connectivity index (χ0n) is 22.8. The highest BCUT2D eigenvalue weighted by Crippen LogP contribution is 2.67.